The Balaban J connectivity index is 1.33. The van der Waals surface area contributed by atoms with Crippen LogP contribution in [0.15, 0.2) is 54.6 Å². The molecule has 5 nitrogen and oxygen atoms in total. The van der Waals surface area contributed by atoms with Crippen molar-refractivity contribution in [1.29, 1.82) is 0 Å². The molecule has 0 saturated carbocycles. The number of halogens is 1. The fraction of sp³-hybridized carbons (Fsp3) is 0.364. The van der Waals surface area contributed by atoms with Crippen molar-refractivity contribution in [2.24, 2.45) is 0 Å². The van der Waals surface area contributed by atoms with E-state index >= 15 is 0 Å². The molecule has 2 amide bonds. The third-order valence-electron chi connectivity index (χ3n) is 5.63. The number of carbonyl (C=O) groups is 2. The second-order valence-electron chi connectivity index (χ2n) is 7.34. The quantitative estimate of drug-likeness (QED) is 0.746. The van der Waals surface area contributed by atoms with Gasteiger partial charge in [0.25, 0.3) is 0 Å². The normalized spacial score (nSPS) is 20.8. The Labute approximate surface area is 164 Å². The number of rotatable bonds is 5. The Morgan fingerprint density at radius 1 is 0.893 bits per heavy atom. The van der Waals surface area contributed by atoms with Gasteiger partial charge in [-0.3, -0.25) is 19.4 Å². The van der Waals surface area contributed by atoms with Crippen LogP contribution in [0.4, 0.5) is 10.1 Å². The molecule has 2 aromatic rings. The van der Waals surface area contributed by atoms with E-state index in [0.717, 1.165) is 24.3 Å². The summed E-state index contributed by atoms with van der Waals surface area (Å²) in [5.41, 5.74) is 2.11. The lowest BCUT2D eigenvalue weighted by molar-refractivity contribution is -0.139. The third-order valence-corrected chi connectivity index (χ3v) is 5.63. The first-order valence-electron chi connectivity index (χ1n) is 9.74. The lowest BCUT2D eigenvalue weighted by atomic mass is 10.1. The van der Waals surface area contributed by atoms with Gasteiger partial charge in [-0.05, 0) is 36.2 Å². The molecule has 2 fully saturated rings. The van der Waals surface area contributed by atoms with Crippen molar-refractivity contribution in [2.45, 2.75) is 18.9 Å². The van der Waals surface area contributed by atoms with E-state index in [1.807, 2.05) is 30.3 Å². The Kier molecular flexibility index (Phi) is 5.39. The van der Waals surface area contributed by atoms with Crippen LogP contribution in [-0.4, -0.2) is 60.4 Å². The van der Waals surface area contributed by atoms with Crippen molar-refractivity contribution < 1.29 is 14.0 Å². The summed E-state index contributed by atoms with van der Waals surface area (Å²) in [7, 11) is 0. The Morgan fingerprint density at radius 3 is 2.25 bits per heavy atom. The number of amides is 2. The summed E-state index contributed by atoms with van der Waals surface area (Å²) < 4.78 is 13.1. The van der Waals surface area contributed by atoms with Crippen LogP contribution in [0.2, 0.25) is 0 Å². The minimum atomic E-state index is -0.348. The van der Waals surface area contributed by atoms with Gasteiger partial charge in [-0.25, -0.2) is 4.39 Å². The number of anilines is 1. The Morgan fingerprint density at radius 2 is 1.57 bits per heavy atom. The van der Waals surface area contributed by atoms with Gasteiger partial charge >= 0.3 is 0 Å². The highest BCUT2D eigenvalue weighted by Gasteiger charge is 2.42. The average molecular weight is 381 g/mol. The van der Waals surface area contributed by atoms with E-state index in [2.05, 4.69) is 9.80 Å². The van der Waals surface area contributed by atoms with E-state index < -0.39 is 0 Å². The van der Waals surface area contributed by atoms with Crippen LogP contribution >= 0.6 is 0 Å². The van der Waals surface area contributed by atoms with Gasteiger partial charge in [-0.2, -0.15) is 0 Å². The summed E-state index contributed by atoms with van der Waals surface area (Å²) in [6, 6.07) is 16.0. The van der Waals surface area contributed by atoms with Gasteiger partial charge in [0.1, 0.15) is 5.82 Å². The molecule has 2 aliphatic heterocycles. The van der Waals surface area contributed by atoms with Gasteiger partial charge in [0.2, 0.25) is 11.8 Å². The fourth-order valence-electron chi connectivity index (χ4n) is 4.02. The highest BCUT2D eigenvalue weighted by molar-refractivity contribution is 6.05. The molecule has 6 heteroatoms. The Bertz CT molecular complexity index is 833. The first-order chi connectivity index (χ1) is 13.6. The maximum absolute atomic E-state index is 13.1. The van der Waals surface area contributed by atoms with Gasteiger partial charge in [-0.15, -0.1) is 0 Å². The average Bonchev–Trinajstić information content (AvgIpc) is 3.01. The highest BCUT2D eigenvalue weighted by Crippen LogP contribution is 2.23. The van der Waals surface area contributed by atoms with Crippen LogP contribution in [0.3, 0.4) is 0 Å². The summed E-state index contributed by atoms with van der Waals surface area (Å²) in [6.07, 6.45) is 0.952. The van der Waals surface area contributed by atoms with Crippen molar-refractivity contribution in [3.8, 4) is 0 Å². The maximum atomic E-state index is 13.1. The zero-order chi connectivity index (χ0) is 19.5. The van der Waals surface area contributed by atoms with Crippen LogP contribution in [0.25, 0.3) is 0 Å². The monoisotopic (exact) mass is 381 g/mol. The van der Waals surface area contributed by atoms with Crippen molar-refractivity contribution >= 4 is 17.5 Å². The largest absolute Gasteiger partial charge is 0.369 e. The smallest absolute Gasteiger partial charge is 0.247 e. The van der Waals surface area contributed by atoms with Gasteiger partial charge < -0.3 is 4.90 Å². The first kappa shape index (κ1) is 18.6. The molecular formula is C22H24FN3O2. The lowest BCUT2D eigenvalue weighted by Crippen LogP contribution is -2.52. The third kappa shape index (κ3) is 3.92. The van der Waals surface area contributed by atoms with Gasteiger partial charge in [0.15, 0.2) is 0 Å². The number of benzene rings is 2. The van der Waals surface area contributed by atoms with E-state index in [9.17, 15) is 14.0 Å². The Hall–Kier alpha value is -2.73. The molecule has 0 N–H and O–H groups in total. The SMILES string of the molecule is O=C1CC(N2CCN(c3ccc(F)cc3)CC2)C(=O)N1CCc1ccccc1. The second-order valence-corrected chi connectivity index (χ2v) is 7.34. The van der Waals surface area contributed by atoms with Crippen LogP contribution in [0, 0.1) is 5.82 Å². The number of hydrogen-bond donors (Lipinski definition) is 0. The molecule has 2 aliphatic rings. The molecule has 0 radical (unpaired) electrons. The molecule has 0 spiro atoms. The van der Waals surface area contributed by atoms with E-state index in [1.54, 1.807) is 12.1 Å². The van der Waals surface area contributed by atoms with E-state index in [1.165, 1.54) is 17.0 Å². The minimum Gasteiger partial charge on any atom is -0.369 e. The lowest BCUT2D eigenvalue weighted by Gasteiger charge is -2.38. The summed E-state index contributed by atoms with van der Waals surface area (Å²) in [4.78, 5) is 31.0. The molecule has 28 heavy (non-hydrogen) atoms. The predicted octanol–water partition coefficient (Wildman–Crippen LogP) is 2.32. The van der Waals surface area contributed by atoms with Crippen LogP contribution in [0.5, 0.6) is 0 Å². The highest BCUT2D eigenvalue weighted by atomic mass is 19.1. The summed E-state index contributed by atoms with van der Waals surface area (Å²) >= 11 is 0. The molecule has 2 heterocycles. The van der Waals surface area contributed by atoms with Crippen molar-refractivity contribution in [2.75, 3.05) is 37.6 Å². The topological polar surface area (TPSA) is 43.9 Å². The van der Waals surface area contributed by atoms with Crippen LogP contribution in [0.1, 0.15) is 12.0 Å². The number of nitrogens with zero attached hydrogens (tertiary/aromatic N) is 3. The molecule has 4 rings (SSSR count). The zero-order valence-electron chi connectivity index (χ0n) is 15.8. The molecule has 1 atom stereocenters. The van der Waals surface area contributed by atoms with Crippen molar-refractivity contribution in [1.82, 2.24) is 9.80 Å². The standard InChI is InChI=1S/C22H24FN3O2/c23-18-6-8-19(9-7-18)24-12-14-25(15-13-24)20-16-21(27)26(22(20)28)11-10-17-4-2-1-3-5-17/h1-9,20H,10-16H2. The zero-order valence-corrected chi connectivity index (χ0v) is 15.8. The van der Waals surface area contributed by atoms with Crippen molar-refractivity contribution in [3.63, 3.8) is 0 Å². The second kappa shape index (κ2) is 8.10. The predicted molar refractivity (Wildman–Crippen MR) is 105 cm³/mol. The van der Waals surface area contributed by atoms with Gasteiger partial charge in [0, 0.05) is 38.4 Å². The molecule has 1 unspecified atom stereocenters. The first-order valence-corrected chi connectivity index (χ1v) is 9.74. The molecule has 146 valence electrons. The molecule has 2 saturated heterocycles. The number of carbonyl (C=O) groups excluding carboxylic acids is 2. The molecular weight excluding hydrogens is 357 g/mol. The minimum absolute atomic E-state index is 0.0730. The fourth-order valence-corrected chi connectivity index (χ4v) is 4.02. The number of piperazine rings is 1. The van der Waals surface area contributed by atoms with Gasteiger partial charge in [-0.1, -0.05) is 30.3 Å². The summed E-state index contributed by atoms with van der Waals surface area (Å²) in [5, 5.41) is 0. The summed E-state index contributed by atoms with van der Waals surface area (Å²) in [6.45, 7) is 3.39. The molecule has 0 aromatic heterocycles. The van der Waals surface area contributed by atoms with Crippen molar-refractivity contribution in [3.05, 3.63) is 66.0 Å². The van der Waals surface area contributed by atoms with Gasteiger partial charge in [0.05, 0.1) is 12.5 Å². The van der Waals surface area contributed by atoms with Crippen LogP contribution < -0.4 is 4.90 Å². The summed E-state index contributed by atoms with van der Waals surface area (Å²) in [5.74, 6) is -0.392. The molecule has 0 aliphatic carbocycles. The van der Waals surface area contributed by atoms with E-state index in [-0.39, 0.29) is 30.1 Å². The molecule has 0 bridgehead atoms. The van der Waals surface area contributed by atoms with Crippen LogP contribution in [-0.2, 0) is 16.0 Å². The maximum Gasteiger partial charge on any atom is 0.247 e. The molecule has 2 aromatic carbocycles. The van der Waals surface area contributed by atoms with E-state index in [0.29, 0.717) is 26.1 Å². The number of imide groups is 1. The number of likely N-dealkylation sites (tertiary alicyclic amines) is 1. The number of hydrogen-bond acceptors (Lipinski definition) is 4. The van der Waals surface area contributed by atoms with E-state index in [4.69, 9.17) is 0 Å².